The summed E-state index contributed by atoms with van der Waals surface area (Å²) >= 11 is 3.21. The first-order chi connectivity index (χ1) is 9.91. The molecule has 1 fully saturated rings. The maximum atomic E-state index is 12.7. The minimum absolute atomic E-state index is 0.0690. The number of nitrogens with zero attached hydrogens (tertiary/aromatic N) is 2. The number of carbonyl (C=O) groups excluding carboxylic acids is 1. The van der Waals surface area contributed by atoms with Crippen LogP contribution >= 0.6 is 15.9 Å². The Morgan fingerprint density at radius 2 is 2.14 bits per heavy atom. The van der Waals surface area contributed by atoms with Crippen molar-refractivity contribution in [2.75, 3.05) is 6.54 Å². The molecule has 0 heterocycles. The van der Waals surface area contributed by atoms with E-state index in [1.807, 2.05) is 4.90 Å². The molecule has 0 spiro atoms. The fourth-order valence-electron chi connectivity index (χ4n) is 2.21. The topological polar surface area (TPSA) is 63.5 Å². The number of nitro benzene ring substituents is 1. The van der Waals surface area contributed by atoms with E-state index in [0.29, 0.717) is 24.1 Å². The zero-order chi connectivity index (χ0) is 15.6. The maximum absolute atomic E-state index is 12.7. The molecular weight excluding hydrogens is 336 g/mol. The van der Waals surface area contributed by atoms with E-state index in [4.69, 9.17) is 0 Å². The van der Waals surface area contributed by atoms with Crippen LogP contribution in [0.2, 0.25) is 0 Å². The molecule has 0 radical (unpaired) electrons. The van der Waals surface area contributed by atoms with Gasteiger partial charge in [-0.3, -0.25) is 14.9 Å². The third kappa shape index (κ3) is 3.81. The third-order valence-corrected chi connectivity index (χ3v) is 4.43. The van der Waals surface area contributed by atoms with Gasteiger partial charge in [0.05, 0.1) is 10.5 Å². The Hall–Kier alpha value is -1.43. The molecule has 0 atom stereocenters. The molecule has 0 bridgehead atoms. The molecule has 1 aromatic carbocycles. The van der Waals surface area contributed by atoms with Crippen LogP contribution in [-0.4, -0.2) is 28.3 Å². The Balaban J connectivity index is 2.24. The SMILES string of the molecule is CC(C)CCN(C(=O)c1cccc([N+](=O)[O-])c1Br)C1CC1. The molecule has 2 rings (SSSR count). The number of carbonyl (C=O) groups is 1. The lowest BCUT2D eigenvalue weighted by molar-refractivity contribution is -0.385. The highest BCUT2D eigenvalue weighted by atomic mass is 79.9. The van der Waals surface area contributed by atoms with Crippen molar-refractivity contribution in [1.29, 1.82) is 0 Å². The van der Waals surface area contributed by atoms with Crippen LogP contribution in [0.3, 0.4) is 0 Å². The molecule has 1 aliphatic rings. The van der Waals surface area contributed by atoms with Gasteiger partial charge in [-0.2, -0.15) is 0 Å². The molecule has 0 aliphatic heterocycles. The van der Waals surface area contributed by atoms with Crippen molar-refractivity contribution < 1.29 is 9.72 Å². The van der Waals surface area contributed by atoms with Crippen molar-refractivity contribution in [2.24, 2.45) is 5.92 Å². The lowest BCUT2D eigenvalue weighted by atomic mass is 10.1. The largest absolute Gasteiger partial charge is 0.336 e. The van der Waals surface area contributed by atoms with E-state index in [1.165, 1.54) is 6.07 Å². The molecule has 5 nitrogen and oxygen atoms in total. The van der Waals surface area contributed by atoms with E-state index in [2.05, 4.69) is 29.8 Å². The molecule has 0 unspecified atom stereocenters. The number of benzene rings is 1. The molecule has 6 heteroatoms. The first-order valence-corrected chi connectivity index (χ1v) is 7.95. The second-order valence-electron chi connectivity index (χ2n) is 5.81. The predicted octanol–water partition coefficient (Wildman–Crippen LogP) is 4.01. The van der Waals surface area contributed by atoms with Gasteiger partial charge in [-0.15, -0.1) is 0 Å². The van der Waals surface area contributed by atoms with Crippen molar-refractivity contribution in [1.82, 2.24) is 4.90 Å². The highest BCUT2D eigenvalue weighted by Crippen LogP contribution is 2.33. The average molecular weight is 355 g/mol. The average Bonchev–Trinajstić information content (AvgIpc) is 3.22. The summed E-state index contributed by atoms with van der Waals surface area (Å²) in [5, 5.41) is 11.0. The zero-order valence-electron chi connectivity index (χ0n) is 12.2. The zero-order valence-corrected chi connectivity index (χ0v) is 13.8. The second-order valence-corrected chi connectivity index (χ2v) is 6.60. The summed E-state index contributed by atoms with van der Waals surface area (Å²) in [6.07, 6.45) is 2.99. The summed E-state index contributed by atoms with van der Waals surface area (Å²) in [4.78, 5) is 25.1. The summed E-state index contributed by atoms with van der Waals surface area (Å²) in [6.45, 7) is 4.95. The second kappa shape index (κ2) is 6.56. The van der Waals surface area contributed by atoms with E-state index >= 15 is 0 Å². The minimum Gasteiger partial charge on any atom is -0.336 e. The Bertz CT molecular complexity index is 556. The van der Waals surface area contributed by atoms with Crippen LogP contribution in [0.15, 0.2) is 22.7 Å². The summed E-state index contributed by atoms with van der Waals surface area (Å²) in [6, 6.07) is 4.90. The summed E-state index contributed by atoms with van der Waals surface area (Å²) in [7, 11) is 0. The first kappa shape index (κ1) is 15.9. The Morgan fingerprint density at radius 3 is 2.67 bits per heavy atom. The van der Waals surface area contributed by atoms with Crippen molar-refractivity contribution in [3.8, 4) is 0 Å². The number of nitro groups is 1. The molecule has 1 saturated carbocycles. The molecule has 1 aromatic rings. The molecule has 1 amide bonds. The summed E-state index contributed by atoms with van der Waals surface area (Å²) in [5.41, 5.74) is 0.306. The molecule has 0 aromatic heterocycles. The van der Waals surface area contributed by atoms with Gasteiger partial charge in [-0.1, -0.05) is 19.9 Å². The lowest BCUT2D eigenvalue weighted by Crippen LogP contribution is -2.34. The van der Waals surface area contributed by atoms with E-state index in [1.54, 1.807) is 12.1 Å². The number of hydrogen-bond donors (Lipinski definition) is 0. The predicted molar refractivity (Wildman–Crippen MR) is 84.3 cm³/mol. The minimum atomic E-state index is -0.476. The molecule has 0 N–H and O–H groups in total. The van der Waals surface area contributed by atoms with Crippen LogP contribution < -0.4 is 0 Å². The number of amides is 1. The van der Waals surface area contributed by atoms with Gasteiger partial charge in [-0.05, 0) is 47.2 Å². The maximum Gasteiger partial charge on any atom is 0.284 e. The normalized spacial score (nSPS) is 14.3. The van der Waals surface area contributed by atoms with Gasteiger partial charge in [0.2, 0.25) is 0 Å². The molecule has 1 aliphatic carbocycles. The highest BCUT2D eigenvalue weighted by Gasteiger charge is 2.34. The third-order valence-electron chi connectivity index (χ3n) is 3.60. The van der Waals surface area contributed by atoms with Gasteiger partial charge in [-0.25, -0.2) is 0 Å². The van der Waals surface area contributed by atoms with Crippen LogP contribution in [-0.2, 0) is 0 Å². The molecule has 21 heavy (non-hydrogen) atoms. The summed E-state index contributed by atoms with van der Waals surface area (Å²) in [5.74, 6) is 0.404. The van der Waals surface area contributed by atoms with Gasteiger partial charge in [0.15, 0.2) is 0 Å². The van der Waals surface area contributed by atoms with E-state index in [0.717, 1.165) is 19.3 Å². The van der Waals surface area contributed by atoms with Crippen LogP contribution in [0.4, 0.5) is 5.69 Å². The van der Waals surface area contributed by atoms with E-state index in [-0.39, 0.29) is 16.1 Å². The van der Waals surface area contributed by atoms with Gasteiger partial charge in [0, 0.05) is 18.7 Å². The lowest BCUT2D eigenvalue weighted by Gasteiger charge is -2.24. The van der Waals surface area contributed by atoms with Gasteiger partial charge >= 0.3 is 0 Å². The highest BCUT2D eigenvalue weighted by molar-refractivity contribution is 9.10. The van der Waals surface area contributed by atoms with Gasteiger partial charge < -0.3 is 4.90 Å². The molecule has 0 saturated heterocycles. The van der Waals surface area contributed by atoms with Crippen LogP contribution in [0.25, 0.3) is 0 Å². The summed E-state index contributed by atoms with van der Waals surface area (Å²) < 4.78 is 0.273. The Labute approximate surface area is 132 Å². The van der Waals surface area contributed by atoms with Crippen molar-refractivity contribution in [3.05, 3.63) is 38.3 Å². The first-order valence-electron chi connectivity index (χ1n) is 7.15. The van der Waals surface area contributed by atoms with Crippen molar-refractivity contribution >= 4 is 27.5 Å². The van der Waals surface area contributed by atoms with Crippen LogP contribution in [0.5, 0.6) is 0 Å². The fraction of sp³-hybridized carbons (Fsp3) is 0.533. The Morgan fingerprint density at radius 1 is 1.48 bits per heavy atom. The fourth-order valence-corrected chi connectivity index (χ4v) is 2.79. The van der Waals surface area contributed by atoms with E-state index in [9.17, 15) is 14.9 Å². The smallest absolute Gasteiger partial charge is 0.284 e. The molecule has 114 valence electrons. The molecular formula is C15H19BrN2O3. The standard InChI is InChI=1S/C15H19BrN2O3/c1-10(2)8-9-17(11-6-7-11)15(19)12-4-3-5-13(14(12)16)18(20)21/h3-5,10-11H,6-9H2,1-2H3. The van der Waals surface area contributed by atoms with Crippen molar-refractivity contribution in [3.63, 3.8) is 0 Å². The van der Waals surface area contributed by atoms with E-state index < -0.39 is 4.92 Å². The van der Waals surface area contributed by atoms with Crippen LogP contribution in [0.1, 0.15) is 43.5 Å². The van der Waals surface area contributed by atoms with Gasteiger partial charge in [0.25, 0.3) is 11.6 Å². The monoisotopic (exact) mass is 354 g/mol. The Kier molecular flexibility index (Phi) is 4.98. The number of hydrogen-bond acceptors (Lipinski definition) is 3. The van der Waals surface area contributed by atoms with Crippen molar-refractivity contribution in [2.45, 2.75) is 39.2 Å². The van der Waals surface area contributed by atoms with Gasteiger partial charge in [0.1, 0.15) is 4.47 Å². The number of rotatable bonds is 6. The van der Waals surface area contributed by atoms with Crippen LogP contribution in [0, 0.1) is 16.0 Å². The quantitative estimate of drug-likeness (QED) is 0.572. The number of halogens is 1.